The Balaban J connectivity index is 1.86. The Labute approximate surface area is 155 Å². The van der Waals surface area contributed by atoms with Gasteiger partial charge in [0, 0.05) is 0 Å². The molecule has 0 saturated heterocycles. The Kier molecular flexibility index (Phi) is 6.39. The van der Waals surface area contributed by atoms with Crippen molar-refractivity contribution in [1.29, 1.82) is 0 Å². The topological polar surface area (TPSA) is 59.9 Å². The molecule has 0 saturated carbocycles. The number of carbonyl (C=O) groups is 1. The molecule has 1 amide bonds. The lowest BCUT2D eigenvalue weighted by atomic mass is 9.87. The fourth-order valence-electron chi connectivity index (χ4n) is 2.28. The summed E-state index contributed by atoms with van der Waals surface area (Å²) in [6.45, 7) is 8.20. The highest BCUT2D eigenvalue weighted by atomic mass is 16.5. The maximum Gasteiger partial charge on any atom is 0.277 e. The van der Waals surface area contributed by atoms with E-state index in [0.29, 0.717) is 11.5 Å². The molecule has 0 spiro atoms. The van der Waals surface area contributed by atoms with E-state index in [1.54, 1.807) is 7.11 Å². The third-order valence-electron chi connectivity index (χ3n) is 3.95. The summed E-state index contributed by atoms with van der Waals surface area (Å²) in [5.41, 5.74) is 5.42. The molecule has 0 radical (unpaired) electrons. The first-order valence-corrected chi connectivity index (χ1v) is 8.50. The molecule has 1 N–H and O–H groups in total. The number of rotatable bonds is 6. The van der Waals surface area contributed by atoms with Crippen LogP contribution >= 0.6 is 0 Å². The van der Waals surface area contributed by atoms with Crippen LogP contribution in [0.1, 0.15) is 38.8 Å². The minimum Gasteiger partial charge on any atom is -0.497 e. The first-order chi connectivity index (χ1) is 12.3. The van der Waals surface area contributed by atoms with E-state index in [0.717, 1.165) is 11.3 Å². The van der Waals surface area contributed by atoms with Gasteiger partial charge in [0.15, 0.2) is 6.61 Å². The predicted molar refractivity (Wildman–Crippen MR) is 104 cm³/mol. The lowest BCUT2D eigenvalue weighted by Crippen LogP contribution is -2.25. The molecule has 0 aliphatic heterocycles. The Bertz CT molecular complexity index is 757. The number of ether oxygens (including phenoxy) is 2. The normalized spacial score (nSPS) is 11.8. The number of benzene rings is 2. The monoisotopic (exact) mass is 354 g/mol. The van der Waals surface area contributed by atoms with Gasteiger partial charge in [0.05, 0.1) is 12.8 Å². The molecule has 0 unspecified atom stereocenters. The summed E-state index contributed by atoms with van der Waals surface area (Å²) in [6.07, 6.45) is 0. The number of hydrazone groups is 1. The summed E-state index contributed by atoms with van der Waals surface area (Å²) in [6, 6.07) is 15.2. The van der Waals surface area contributed by atoms with E-state index in [2.05, 4.69) is 31.3 Å². The van der Waals surface area contributed by atoms with Gasteiger partial charge >= 0.3 is 0 Å². The number of methoxy groups -OCH3 is 1. The molecule has 0 fully saturated rings. The second-order valence-electron chi connectivity index (χ2n) is 7.02. The van der Waals surface area contributed by atoms with Gasteiger partial charge in [-0.2, -0.15) is 5.10 Å². The number of hydrogen-bond donors (Lipinski definition) is 1. The fourth-order valence-corrected chi connectivity index (χ4v) is 2.28. The molecule has 0 aliphatic rings. The van der Waals surface area contributed by atoms with Gasteiger partial charge in [-0.25, -0.2) is 5.43 Å². The van der Waals surface area contributed by atoms with Gasteiger partial charge in [-0.05, 0) is 59.9 Å². The number of nitrogens with zero attached hydrogens (tertiary/aromatic N) is 1. The van der Waals surface area contributed by atoms with Crippen molar-refractivity contribution in [1.82, 2.24) is 5.43 Å². The summed E-state index contributed by atoms with van der Waals surface area (Å²) in [5, 5.41) is 4.10. The fraction of sp³-hybridized carbons (Fsp3) is 0.333. The molecule has 2 rings (SSSR count). The van der Waals surface area contributed by atoms with Crippen LogP contribution in [0, 0.1) is 0 Å². The molecule has 0 bridgehead atoms. The minimum absolute atomic E-state index is 0.0869. The van der Waals surface area contributed by atoms with Crippen molar-refractivity contribution >= 4 is 11.6 Å². The van der Waals surface area contributed by atoms with Crippen LogP contribution in [-0.2, 0) is 10.2 Å². The van der Waals surface area contributed by atoms with E-state index < -0.39 is 0 Å². The lowest BCUT2D eigenvalue weighted by Gasteiger charge is -2.19. The Morgan fingerprint density at radius 1 is 1.00 bits per heavy atom. The molecule has 2 aromatic rings. The SMILES string of the molecule is COc1ccc(C(C)=NNC(=O)COc2ccc(C(C)(C)C)cc2)cc1. The molecular weight excluding hydrogens is 328 g/mol. The molecule has 5 heteroatoms. The summed E-state index contributed by atoms with van der Waals surface area (Å²) in [5.74, 6) is 1.12. The first kappa shape index (κ1) is 19.5. The van der Waals surface area contributed by atoms with Crippen LogP contribution < -0.4 is 14.9 Å². The third kappa shape index (κ3) is 5.62. The average Bonchev–Trinajstić information content (AvgIpc) is 2.64. The maximum absolute atomic E-state index is 11.9. The third-order valence-corrected chi connectivity index (χ3v) is 3.95. The number of carbonyl (C=O) groups excluding carboxylic acids is 1. The van der Waals surface area contributed by atoms with Crippen molar-refractivity contribution in [2.45, 2.75) is 33.1 Å². The van der Waals surface area contributed by atoms with Gasteiger partial charge in [-0.1, -0.05) is 32.9 Å². The maximum atomic E-state index is 11.9. The molecule has 5 nitrogen and oxygen atoms in total. The smallest absolute Gasteiger partial charge is 0.277 e. The van der Waals surface area contributed by atoms with Crippen LogP contribution in [-0.4, -0.2) is 25.3 Å². The van der Waals surface area contributed by atoms with Crippen molar-refractivity contribution in [2.75, 3.05) is 13.7 Å². The van der Waals surface area contributed by atoms with Crippen LogP contribution in [0.4, 0.5) is 0 Å². The van der Waals surface area contributed by atoms with E-state index in [1.807, 2.05) is 55.5 Å². The number of hydrogen-bond acceptors (Lipinski definition) is 4. The van der Waals surface area contributed by atoms with E-state index in [9.17, 15) is 4.79 Å². The molecule has 0 aromatic heterocycles. The highest BCUT2D eigenvalue weighted by Gasteiger charge is 2.13. The zero-order valence-electron chi connectivity index (χ0n) is 16.0. The Hall–Kier alpha value is -2.82. The highest BCUT2D eigenvalue weighted by Crippen LogP contribution is 2.24. The Morgan fingerprint density at radius 3 is 2.12 bits per heavy atom. The van der Waals surface area contributed by atoms with Crippen molar-refractivity contribution in [3.8, 4) is 11.5 Å². The molecule has 0 atom stereocenters. The van der Waals surface area contributed by atoms with Crippen LogP contribution in [0.15, 0.2) is 53.6 Å². The Morgan fingerprint density at radius 2 is 1.58 bits per heavy atom. The van der Waals surface area contributed by atoms with Crippen LogP contribution in [0.2, 0.25) is 0 Å². The molecule has 0 heterocycles. The number of amides is 1. The van der Waals surface area contributed by atoms with Gasteiger partial charge in [-0.15, -0.1) is 0 Å². The van der Waals surface area contributed by atoms with E-state index in [4.69, 9.17) is 9.47 Å². The van der Waals surface area contributed by atoms with Crippen LogP contribution in [0.3, 0.4) is 0 Å². The zero-order chi connectivity index (χ0) is 19.2. The van der Waals surface area contributed by atoms with Crippen molar-refractivity contribution < 1.29 is 14.3 Å². The van der Waals surface area contributed by atoms with Gasteiger partial charge in [0.2, 0.25) is 0 Å². The van der Waals surface area contributed by atoms with Gasteiger partial charge < -0.3 is 9.47 Å². The van der Waals surface area contributed by atoms with Gasteiger partial charge in [0.1, 0.15) is 11.5 Å². The number of nitrogens with one attached hydrogen (secondary N) is 1. The lowest BCUT2D eigenvalue weighted by molar-refractivity contribution is -0.123. The highest BCUT2D eigenvalue weighted by molar-refractivity contribution is 5.99. The van der Waals surface area contributed by atoms with Crippen molar-refractivity contribution in [3.63, 3.8) is 0 Å². The standard InChI is InChI=1S/C21H26N2O3/c1-15(16-6-10-18(25-5)11-7-16)22-23-20(24)14-26-19-12-8-17(9-13-19)21(2,3)4/h6-13H,14H2,1-5H3,(H,23,24). The van der Waals surface area contributed by atoms with E-state index in [1.165, 1.54) is 5.56 Å². The summed E-state index contributed by atoms with van der Waals surface area (Å²) in [4.78, 5) is 11.9. The van der Waals surface area contributed by atoms with Gasteiger partial charge in [-0.3, -0.25) is 4.79 Å². The molecule has 2 aromatic carbocycles. The summed E-state index contributed by atoms with van der Waals surface area (Å²) in [7, 11) is 1.62. The first-order valence-electron chi connectivity index (χ1n) is 8.50. The quantitative estimate of drug-likeness (QED) is 0.632. The van der Waals surface area contributed by atoms with E-state index in [-0.39, 0.29) is 17.9 Å². The zero-order valence-corrected chi connectivity index (χ0v) is 16.0. The van der Waals surface area contributed by atoms with Crippen LogP contribution in [0.5, 0.6) is 11.5 Å². The summed E-state index contributed by atoms with van der Waals surface area (Å²) >= 11 is 0. The molecule has 0 aliphatic carbocycles. The second-order valence-corrected chi connectivity index (χ2v) is 7.02. The molecular formula is C21H26N2O3. The largest absolute Gasteiger partial charge is 0.497 e. The van der Waals surface area contributed by atoms with Crippen molar-refractivity contribution in [2.24, 2.45) is 5.10 Å². The summed E-state index contributed by atoms with van der Waals surface area (Å²) < 4.78 is 10.6. The van der Waals surface area contributed by atoms with Gasteiger partial charge in [0.25, 0.3) is 5.91 Å². The second kappa shape index (κ2) is 8.52. The predicted octanol–water partition coefficient (Wildman–Crippen LogP) is 3.91. The average molecular weight is 354 g/mol. The van der Waals surface area contributed by atoms with E-state index >= 15 is 0 Å². The molecule has 26 heavy (non-hydrogen) atoms. The van der Waals surface area contributed by atoms with Crippen LogP contribution in [0.25, 0.3) is 0 Å². The molecule has 138 valence electrons. The minimum atomic E-state index is -0.308. The van der Waals surface area contributed by atoms with Crippen molar-refractivity contribution in [3.05, 3.63) is 59.7 Å².